The monoisotopic (exact) mass is 366 g/mol. The van der Waals surface area contributed by atoms with Crippen molar-refractivity contribution in [3.63, 3.8) is 0 Å². The number of nitrogens with zero attached hydrogens (tertiary/aromatic N) is 2. The second-order valence-corrected chi connectivity index (χ2v) is 7.16. The minimum absolute atomic E-state index is 0.483. The molecule has 0 unspecified atom stereocenters. The van der Waals surface area contributed by atoms with Crippen molar-refractivity contribution in [3.05, 3.63) is 65.7 Å². The van der Waals surface area contributed by atoms with Gasteiger partial charge in [0.15, 0.2) is 0 Å². The van der Waals surface area contributed by atoms with E-state index >= 15 is 0 Å². The molecule has 27 heavy (non-hydrogen) atoms. The first-order chi connectivity index (χ1) is 13.2. The number of amides is 2. The van der Waals surface area contributed by atoms with Gasteiger partial charge in [-0.1, -0.05) is 42.5 Å². The average Bonchev–Trinajstić information content (AvgIpc) is 2.71. The lowest BCUT2D eigenvalue weighted by Crippen LogP contribution is -2.46. The number of hydrogen-bond donors (Lipinski definition) is 2. The summed E-state index contributed by atoms with van der Waals surface area (Å²) in [6.07, 6.45) is 3.54. The highest BCUT2D eigenvalue weighted by molar-refractivity contribution is 5.71. The van der Waals surface area contributed by atoms with Crippen molar-refractivity contribution in [1.82, 2.24) is 10.2 Å². The number of piperazine rings is 1. The quantitative estimate of drug-likeness (QED) is 0.706. The fourth-order valence-corrected chi connectivity index (χ4v) is 3.55. The van der Waals surface area contributed by atoms with Gasteiger partial charge in [-0.2, -0.15) is 0 Å². The number of aryl methyl sites for hydroxylation is 1. The molecule has 2 aromatic rings. The predicted molar refractivity (Wildman–Crippen MR) is 111 cm³/mol. The molecule has 0 saturated carbocycles. The molecule has 1 saturated heterocycles. The third kappa shape index (κ3) is 6.29. The number of hydrogen-bond acceptors (Lipinski definition) is 3. The second kappa shape index (κ2) is 9.97. The molecule has 5 nitrogen and oxygen atoms in total. The van der Waals surface area contributed by atoms with E-state index in [-0.39, 0.29) is 0 Å². The van der Waals surface area contributed by atoms with E-state index in [4.69, 9.17) is 5.73 Å². The van der Waals surface area contributed by atoms with Crippen molar-refractivity contribution in [2.24, 2.45) is 5.73 Å². The summed E-state index contributed by atoms with van der Waals surface area (Å²) in [5.41, 5.74) is 8.86. The van der Waals surface area contributed by atoms with Crippen LogP contribution < -0.4 is 16.0 Å². The van der Waals surface area contributed by atoms with Crippen molar-refractivity contribution in [2.45, 2.75) is 25.8 Å². The molecular formula is C22H30N4O. The number of benzene rings is 2. The number of urea groups is 1. The number of nitrogens with two attached hydrogens (primary N) is 1. The van der Waals surface area contributed by atoms with Crippen LogP contribution in [0.25, 0.3) is 0 Å². The molecule has 5 heteroatoms. The molecule has 1 aliphatic rings. The molecule has 0 aromatic heterocycles. The number of nitrogens with one attached hydrogen (secondary N) is 1. The maximum Gasteiger partial charge on any atom is 0.312 e. The number of anilines is 1. The van der Waals surface area contributed by atoms with E-state index in [2.05, 4.69) is 69.7 Å². The van der Waals surface area contributed by atoms with Crippen molar-refractivity contribution >= 4 is 11.7 Å². The van der Waals surface area contributed by atoms with Crippen LogP contribution in [0.5, 0.6) is 0 Å². The lowest BCUT2D eigenvalue weighted by atomic mass is 10.1. The SMILES string of the molecule is NC(=O)NCc1ccc(CCCCN2CCN(c3ccccc3)CC2)cc1. The molecule has 3 rings (SSSR count). The highest BCUT2D eigenvalue weighted by atomic mass is 16.2. The second-order valence-electron chi connectivity index (χ2n) is 7.16. The highest BCUT2D eigenvalue weighted by Crippen LogP contribution is 2.16. The number of unbranched alkanes of at least 4 members (excludes halogenated alkanes) is 1. The van der Waals surface area contributed by atoms with E-state index in [9.17, 15) is 4.79 Å². The van der Waals surface area contributed by atoms with Gasteiger partial charge >= 0.3 is 6.03 Å². The Morgan fingerprint density at radius 2 is 1.56 bits per heavy atom. The molecule has 0 radical (unpaired) electrons. The first-order valence-electron chi connectivity index (χ1n) is 9.84. The molecular weight excluding hydrogens is 336 g/mol. The third-order valence-corrected chi connectivity index (χ3v) is 5.17. The number of primary amides is 1. The first kappa shape index (κ1) is 19.2. The Morgan fingerprint density at radius 1 is 0.889 bits per heavy atom. The van der Waals surface area contributed by atoms with Gasteiger partial charge in [-0.25, -0.2) is 4.79 Å². The van der Waals surface area contributed by atoms with E-state index < -0.39 is 6.03 Å². The summed E-state index contributed by atoms with van der Waals surface area (Å²) in [7, 11) is 0. The fraction of sp³-hybridized carbons (Fsp3) is 0.409. The van der Waals surface area contributed by atoms with Crippen LogP contribution in [-0.4, -0.2) is 43.7 Å². The van der Waals surface area contributed by atoms with E-state index in [0.29, 0.717) is 6.54 Å². The number of carbonyl (C=O) groups is 1. The van der Waals surface area contributed by atoms with Crippen molar-refractivity contribution in [3.8, 4) is 0 Å². The summed E-state index contributed by atoms with van der Waals surface area (Å²) >= 11 is 0. The molecule has 2 amide bonds. The summed E-state index contributed by atoms with van der Waals surface area (Å²) in [6.45, 7) is 6.20. The lowest BCUT2D eigenvalue weighted by Gasteiger charge is -2.36. The van der Waals surface area contributed by atoms with Crippen LogP contribution in [0.15, 0.2) is 54.6 Å². The van der Waals surface area contributed by atoms with Crippen LogP contribution in [0.2, 0.25) is 0 Å². The van der Waals surface area contributed by atoms with Crippen molar-refractivity contribution in [1.29, 1.82) is 0 Å². The third-order valence-electron chi connectivity index (χ3n) is 5.17. The Bertz CT molecular complexity index is 694. The fourth-order valence-electron chi connectivity index (χ4n) is 3.55. The van der Waals surface area contributed by atoms with E-state index in [1.165, 1.54) is 30.6 Å². The van der Waals surface area contributed by atoms with E-state index in [1.54, 1.807) is 0 Å². The van der Waals surface area contributed by atoms with Crippen LogP contribution >= 0.6 is 0 Å². The maximum absolute atomic E-state index is 10.7. The summed E-state index contributed by atoms with van der Waals surface area (Å²) in [6, 6.07) is 18.6. The Labute approximate surface area is 162 Å². The van der Waals surface area contributed by atoms with Crippen LogP contribution in [0.1, 0.15) is 24.0 Å². The van der Waals surface area contributed by atoms with Crippen LogP contribution in [0.4, 0.5) is 10.5 Å². The van der Waals surface area contributed by atoms with Gasteiger partial charge in [-0.05, 0) is 49.1 Å². The molecule has 0 atom stereocenters. The average molecular weight is 367 g/mol. The smallest absolute Gasteiger partial charge is 0.312 e. The standard InChI is InChI=1S/C22H30N4O/c23-22(27)24-18-20-11-9-19(10-12-20)6-4-5-13-25-14-16-26(17-15-25)21-7-2-1-3-8-21/h1-3,7-12H,4-6,13-18H2,(H3,23,24,27). The Balaban J connectivity index is 1.31. The molecule has 1 heterocycles. The summed E-state index contributed by atoms with van der Waals surface area (Å²) in [4.78, 5) is 15.8. The van der Waals surface area contributed by atoms with E-state index in [0.717, 1.165) is 38.2 Å². The molecule has 1 aliphatic heterocycles. The first-order valence-corrected chi connectivity index (χ1v) is 9.84. The zero-order chi connectivity index (χ0) is 18.9. The number of rotatable bonds is 8. The van der Waals surface area contributed by atoms with Gasteiger partial charge in [0.1, 0.15) is 0 Å². The summed E-state index contributed by atoms with van der Waals surface area (Å²) in [5, 5.41) is 2.61. The zero-order valence-corrected chi connectivity index (χ0v) is 15.9. The van der Waals surface area contributed by atoms with Crippen molar-refractivity contribution < 1.29 is 4.79 Å². The summed E-state index contributed by atoms with van der Waals surface area (Å²) in [5.74, 6) is 0. The maximum atomic E-state index is 10.7. The highest BCUT2D eigenvalue weighted by Gasteiger charge is 2.16. The van der Waals surface area contributed by atoms with Crippen LogP contribution in [0, 0.1) is 0 Å². The molecule has 0 bridgehead atoms. The lowest BCUT2D eigenvalue weighted by molar-refractivity contribution is 0.248. The van der Waals surface area contributed by atoms with Crippen LogP contribution in [0.3, 0.4) is 0 Å². The van der Waals surface area contributed by atoms with Crippen molar-refractivity contribution in [2.75, 3.05) is 37.6 Å². The molecule has 0 spiro atoms. The zero-order valence-electron chi connectivity index (χ0n) is 15.9. The molecule has 144 valence electrons. The largest absolute Gasteiger partial charge is 0.369 e. The minimum Gasteiger partial charge on any atom is -0.369 e. The van der Waals surface area contributed by atoms with Gasteiger partial charge in [-0.3, -0.25) is 4.90 Å². The minimum atomic E-state index is -0.483. The van der Waals surface area contributed by atoms with Gasteiger partial charge < -0.3 is 16.0 Å². The van der Waals surface area contributed by atoms with Gasteiger partial charge in [0.2, 0.25) is 0 Å². The van der Waals surface area contributed by atoms with Gasteiger partial charge in [0, 0.05) is 38.4 Å². The number of para-hydroxylation sites is 1. The van der Waals surface area contributed by atoms with Gasteiger partial charge in [-0.15, -0.1) is 0 Å². The number of carbonyl (C=O) groups excluding carboxylic acids is 1. The van der Waals surface area contributed by atoms with Gasteiger partial charge in [0.05, 0.1) is 0 Å². The molecule has 3 N–H and O–H groups in total. The topological polar surface area (TPSA) is 61.6 Å². The van der Waals surface area contributed by atoms with Crippen LogP contribution in [-0.2, 0) is 13.0 Å². The molecule has 0 aliphatic carbocycles. The Hall–Kier alpha value is -2.53. The Morgan fingerprint density at radius 3 is 2.22 bits per heavy atom. The molecule has 1 fully saturated rings. The summed E-state index contributed by atoms with van der Waals surface area (Å²) < 4.78 is 0. The Kier molecular flexibility index (Phi) is 7.11. The normalized spacial score (nSPS) is 14.9. The predicted octanol–water partition coefficient (Wildman–Crippen LogP) is 3.00. The van der Waals surface area contributed by atoms with E-state index in [1.807, 2.05) is 0 Å². The molecule has 2 aromatic carbocycles. The van der Waals surface area contributed by atoms with Gasteiger partial charge in [0.25, 0.3) is 0 Å².